The van der Waals surface area contributed by atoms with Crippen LogP contribution in [0, 0.1) is 0 Å². The van der Waals surface area contributed by atoms with E-state index in [4.69, 9.17) is 60.7 Å². The van der Waals surface area contributed by atoms with Crippen LogP contribution < -0.4 is 9.47 Å². The van der Waals surface area contributed by atoms with Crippen LogP contribution in [0.3, 0.4) is 0 Å². The normalized spacial score (nSPS) is 10.7. The Morgan fingerprint density at radius 1 is 0.963 bits per heavy atom. The molecule has 0 unspecified atom stereocenters. The lowest BCUT2D eigenvalue weighted by Crippen LogP contribution is -2.02. The number of ether oxygens (including phenoxy) is 2. The van der Waals surface area contributed by atoms with Crippen molar-refractivity contribution in [1.82, 2.24) is 0 Å². The van der Waals surface area contributed by atoms with Crippen molar-refractivity contribution in [2.24, 2.45) is 5.16 Å². The molecular formula is C19H17Cl4NO3. The summed E-state index contributed by atoms with van der Waals surface area (Å²) in [7, 11) is 0. The van der Waals surface area contributed by atoms with Crippen molar-refractivity contribution in [2.45, 2.75) is 6.42 Å². The van der Waals surface area contributed by atoms with Gasteiger partial charge in [0.2, 0.25) is 0 Å². The Morgan fingerprint density at radius 2 is 1.67 bits per heavy atom. The van der Waals surface area contributed by atoms with E-state index in [2.05, 4.69) is 5.16 Å². The molecule has 0 bridgehead atoms. The molecule has 0 aliphatic heterocycles. The largest absolute Gasteiger partial charge is 0.490 e. The molecule has 0 spiro atoms. The lowest BCUT2D eigenvalue weighted by molar-refractivity contribution is 0.129. The maximum Gasteiger partial charge on any atom is 0.156 e. The van der Waals surface area contributed by atoms with Crippen LogP contribution in [0.2, 0.25) is 10.0 Å². The van der Waals surface area contributed by atoms with Gasteiger partial charge in [0.25, 0.3) is 0 Å². The summed E-state index contributed by atoms with van der Waals surface area (Å²) < 4.78 is 11.2. The highest BCUT2D eigenvalue weighted by molar-refractivity contribution is 6.55. The molecule has 0 heterocycles. The summed E-state index contributed by atoms with van der Waals surface area (Å²) in [5.74, 6) is 0.881. The average molecular weight is 449 g/mol. The molecule has 4 nitrogen and oxygen atoms in total. The third-order valence-corrected chi connectivity index (χ3v) is 4.03. The van der Waals surface area contributed by atoms with Crippen LogP contribution in [0.5, 0.6) is 11.5 Å². The van der Waals surface area contributed by atoms with Gasteiger partial charge in [0, 0.05) is 18.6 Å². The molecule has 8 heteroatoms. The summed E-state index contributed by atoms with van der Waals surface area (Å²) in [6, 6.07) is 12.9. The maximum atomic E-state index is 6.19. The third-order valence-electron chi connectivity index (χ3n) is 3.16. The second-order valence-corrected chi connectivity index (χ2v) is 7.02. The smallest absolute Gasteiger partial charge is 0.156 e. The zero-order valence-electron chi connectivity index (χ0n) is 14.2. The Balaban J connectivity index is 1.73. The highest BCUT2D eigenvalue weighted by atomic mass is 35.5. The fourth-order valence-electron chi connectivity index (χ4n) is 1.95. The van der Waals surface area contributed by atoms with E-state index in [1.54, 1.807) is 18.3 Å². The third kappa shape index (κ3) is 8.31. The maximum absolute atomic E-state index is 6.19. The summed E-state index contributed by atoms with van der Waals surface area (Å²) in [5, 5.41) is 4.60. The van der Waals surface area contributed by atoms with Gasteiger partial charge < -0.3 is 14.3 Å². The molecule has 0 saturated heterocycles. The van der Waals surface area contributed by atoms with Crippen molar-refractivity contribution in [2.75, 3.05) is 19.8 Å². The second kappa shape index (κ2) is 12.0. The van der Waals surface area contributed by atoms with Crippen molar-refractivity contribution < 1.29 is 14.3 Å². The predicted molar refractivity (Wildman–Crippen MR) is 112 cm³/mol. The minimum Gasteiger partial charge on any atom is -0.490 e. The first-order valence-electron chi connectivity index (χ1n) is 8.02. The van der Waals surface area contributed by atoms with Gasteiger partial charge >= 0.3 is 0 Å². The van der Waals surface area contributed by atoms with Crippen LogP contribution in [0.1, 0.15) is 12.0 Å². The fourth-order valence-corrected chi connectivity index (χ4v) is 2.65. The van der Waals surface area contributed by atoms with Crippen LogP contribution in [0.25, 0.3) is 0 Å². The van der Waals surface area contributed by atoms with Crippen molar-refractivity contribution >= 4 is 52.6 Å². The number of halogens is 4. The Morgan fingerprint density at radius 3 is 2.33 bits per heavy atom. The van der Waals surface area contributed by atoms with Crippen molar-refractivity contribution in [1.29, 1.82) is 0 Å². The predicted octanol–water partition coefficient (Wildman–Crippen LogP) is 6.51. The number of nitrogens with zero attached hydrogens (tertiary/aromatic N) is 1. The van der Waals surface area contributed by atoms with E-state index in [1.807, 2.05) is 30.3 Å². The minimum absolute atomic E-state index is 0.127. The highest BCUT2D eigenvalue weighted by Gasteiger charge is 2.10. The van der Waals surface area contributed by atoms with E-state index in [9.17, 15) is 0 Å². The first-order valence-corrected chi connectivity index (χ1v) is 9.53. The van der Waals surface area contributed by atoms with Gasteiger partial charge in [0.15, 0.2) is 5.75 Å². The molecule has 0 fully saturated rings. The van der Waals surface area contributed by atoms with Crippen LogP contribution in [0.15, 0.2) is 58.2 Å². The van der Waals surface area contributed by atoms with Gasteiger partial charge in [-0.25, -0.2) is 0 Å². The summed E-state index contributed by atoms with van der Waals surface area (Å²) >= 11 is 23.4. The zero-order chi connectivity index (χ0) is 19.5. The average Bonchev–Trinajstić information content (AvgIpc) is 2.63. The fraction of sp³-hybridized carbons (Fsp3) is 0.211. The van der Waals surface area contributed by atoms with Gasteiger partial charge in [-0.3, -0.25) is 0 Å². The van der Waals surface area contributed by atoms with Crippen LogP contribution in [0.4, 0.5) is 0 Å². The molecule has 2 aromatic carbocycles. The monoisotopic (exact) mass is 447 g/mol. The number of benzene rings is 2. The van der Waals surface area contributed by atoms with E-state index >= 15 is 0 Å². The molecule has 0 saturated carbocycles. The number of oxime groups is 1. The summed E-state index contributed by atoms with van der Waals surface area (Å²) in [6.07, 6.45) is 3.78. The first-order chi connectivity index (χ1) is 13.1. The molecule has 0 amide bonds. The van der Waals surface area contributed by atoms with Crippen LogP contribution >= 0.6 is 46.4 Å². The van der Waals surface area contributed by atoms with E-state index in [1.165, 1.54) is 6.08 Å². The number of rotatable bonds is 10. The Kier molecular flexibility index (Phi) is 9.64. The van der Waals surface area contributed by atoms with Gasteiger partial charge in [-0.15, -0.1) is 0 Å². The molecule has 0 aliphatic carbocycles. The van der Waals surface area contributed by atoms with E-state index in [0.717, 1.165) is 5.56 Å². The lowest BCUT2D eigenvalue weighted by Gasteiger charge is -2.12. The quantitative estimate of drug-likeness (QED) is 0.236. The van der Waals surface area contributed by atoms with Crippen LogP contribution in [-0.2, 0) is 4.84 Å². The molecule has 0 aliphatic rings. The topological polar surface area (TPSA) is 40.0 Å². The van der Waals surface area contributed by atoms with E-state index in [0.29, 0.717) is 41.2 Å². The van der Waals surface area contributed by atoms with Crippen molar-refractivity contribution in [3.63, 3.8) is 0 Å². The zero-order valence-corrected chi connectivity index (χ0v) is 17.2. The lowest BCUT2D eigenvalue weighted by atomic mass is 10.2. The molecule has 27 heavy (non-hydrogen) atoms. The van der Waals surface area contributed by atoms with E-state index in [-0.39, 0.29) is 11.1 Å². The van der Waals surface area contributed by atoms with Gasteiger partial charge in [-0.05, 0) is 11.6 Å². The molecule has 2 rings (SSSR count). The van der Waals surface area contributed by atoms with Gasteiger partial charge in [-0.1, -0.05) is 81.9 Å². The molecule has 0 N–H and O–H groups in total. The van der Waals surface area contributed by atoms with Crippen LogP contribution in [-0.4, -0.2) is 26.0 Å². The molecule has 144 valence electrons. The summed E-state index contributed by atoms with van der Waals surface area (Å²) in [6.45, 7) is 0.992. The van der Waals surface area contributed by atoms with Gasteiger partial charge in [0.05, 0.1) is 22.9 Å². The van der Waals surface area contributed by atoms with E-state index < -0.39 is 0 Å². The van der Waals surface area contributed by atoms with Gasteiger partial charge in [-0.2, -0.15) is 0 Å². The Hall–Kier alpha value is -1.59. The SMILES string of the molecule is ClC(Cl)=CCOc1cc(Cl)c(OCCCON=Cc2ccccc2)c(Cl)c1. The van der Waals surface area contributed by atoms with Crippen molar-refractivity contribution in [3.8, 4) is 11.5 Å². The molecule has 0 radical (unpaired) electrons. The van der Waals surface area contributed by atoms with Gasteiger partial charge in [0.1, 0.15) is 23.5 Å². The molecule has 0 atom stereocenters. The summed E-state index contributed by atoms with van der Waals surface area (Å²) in [5.41, 5.74) is 0.971. The second-order valence-electron chi connectivity index (χ2n) is 5.20. The molecule has 2 aromatic rings. The Bertz CT molecular complexity index is 755. The number of hydrogen-bond acceptors (Lipinski definition) is 4. The standard InChI is InChI=1S/C19H17Cl4NO3/c20-16-11-15(25-10-7-18(22)23)12-17(21)19(16)26-8-4-9-27-24-13-14-5-2-1-3-6-14/h1-3,5-7,11-13H,4,8-10H2. The Labute approximate surface area is 178 Å². The highest BCUT2D eigenvalue weighted by Crippen LogP contribution is 2.37. The van der Waals surface area contributed by atoms with Crippen molar-refractivity contribution in [3.05, 3.63) is 68.6 Å². The minimum atomic E-state index is 0.127. The first kappa shape index (κ1) is 21.7. The molecule has 0 aromatic heterocycles. The molecular weight excluding hydrogens is 432 g/mol. The number of hydrogen-bond donors (Lipinski definition) is 0. The summed E-state index contributed by atoms with van der Waals surface area (Å²) in [4.78, 5) is 5.20.